The molecule has 0 bridgehead atoms. The highest BCUT2D eigenvalue weighted by Crippen LogP contribution is 2.37. The number of carbonyl (C=O) groups is 1. The number of aromatic hydroxyl groups is 1. The van der Waals surface area contributed by atoms with E-state index in [0.29, 0.717) is 0 Å². The van der Waals surface area contributed by atoms with Gasteiger partial charge in [0.15, 0.2) is 0 Å². The number of hydrogen-bond acceptors (Lipinski definition) is 3. The molecule has 1 N–H and O–H groups in total. The van der Waals surface area contributed by atoms with Gasteiger partial charge < -0.3 is 9.84 Å². The van der Waals surface area contributed by atoms with Crippen molar-refractivity contribution in [2.24, 2.45) is 0 Å². The first-order valence-electron chi connectivity index (χ1n) is 6.28. The minimum Gasteiger partial charge on any atom is -0.507 e. The van der Waals surface area contributed by atoms with Crippen LogP contribution in [0.15, 0.2) is 18.2 Å². The van der Waals surface area contributed by atoms with Crippen molar-refractivity contribution in [3.8, 4) is 5.75 Å². The molecular formula is C14H17IO3. The molecular weight excluding hydrogens is 343 g/mol. The maximum absolute atomic E-state index is 12.2. The fourth-order valence-electron chi connectivity index (χ4n) is 2.47. The zero-order valence-corrected chi connectivity index (χ0v) is 12.6. The topological polar surface area (TPSA) is 46.5 Å². The summed E-state index contributed by atoms with van der Waals surface area (Å²) in [6.45, 7) is 2.05. The van der Waals surface area contributed by atoms with E-state index in [1.54, 1.807) is 12.1 Å². The number of hydrogen-bond donors (Lipinski definition) is 1. The molecule has 0 radical (unpaired) electrons. The Balaban J connectivity index is 2.18. The van der Waals surface area contributed by atoms with Gasteiger partial charge >= 0.3 is 5.97 Å². The molecule has 0 aromatic heterocycles. The van der Waals surface area contributed by atoms with Gasteiger partial charge in [-0.2, -0.15) is 0 Å². The third-order valence-electron chi connectivity index (χ3n) is 3.65. The van der Waals surface area contributed by atoms with E-state index in [2.05, 4.69) is 22.6 Å². The number of phenolic OH excluding ortho intramolecular Hbond substituents is 1. The molecule has 0 heterocycles. The molecule has 1 aliphatic carbocycles. The number of carbonyl (C=O) groups excluding carboxylic acids is 1. The van der Waals surface area contributed by atoms with Gasteiger partial charge in [0, 0.05) is 3.57 Å². The lowest BCUT2D eigenvalue weighted by Gasteiger charge is -2.27. The zero-order chi connectivity index (χ0) is 13.2. The highest BCUT2D eigenvalue weighted by atomic mass is 127. The van der Waals surface area contributed by atoms with Gasteiger partial charge in [0.25, 0.3) is 0 Å². The molecule has 1 aliphatic rings. The molecule has 98 valence electrons. The van der Waals surface area contributed by atoms with Gasteiger partial charge in [0.1, 0.15) is 16.9 Å². The highest BCUT2D eigenvalue weighted by molar-refractivity contribution is 14.1. The summed E-state index contributed by atoms with van der Waals surface area (Å²) in [5, 5.41) is 9.73. The van der Waals surface area contributed by atoms with Crippen molar-refractivity contribution in [2.75, 3.05) is 0 Å². The predicted molar refractivity (Wildman–Crippen MR) is 77.7 cm³/mol. The van der Waals surface area contributed by atoms with Gasteiger partial charge in [-0.1, -0.05) is 6.92 Å². The molecule has 0 amide bonds. The first-order valence-corrected chi connectivity index (χ1v) is 7.36. The SMILES string of the molecule is CCC1(OC(=O)c2cc(I)ccc2O)CCCC1. The van der Waals surface area contributed by atoms with Gasteiger partial charge in [-0.15, -0.1) is 0 Å². The van der Waals surface area contributed by atoms with E-state index in [4.69, 9.17) is 4.74 Å². The fraction of sp³-hybridized carbons (Fsp3) is 0.500. The van der Waals surface area contributed by atoms with Crippen LogP contribution in [0, 0.1) is 3.57 Å². The molecule has 3 nitrogen and oxygen atoms in total. The zero-order valence-electron chi connectivity index (χ0n) is 10.4. The van der Waals surface area contributed by atoms with Gasteiger partial charge in [-0.25, -0.2) is 4.79 Å². The van der Waals surface area contributed by atoms with E-state index in [1.165, 1.54) is 6.07 Å². The average molecular weight is 360 g/mol. The summed E-state index contributed by atoms with van der Waals surface area (Å²) in [5.41, 5.74) is -0.0493. The van der Waals surface area contributed by atoms with Crippen molar-refractivity contribution in [1.29, 1.82) is 0 Å². The lowest BCUT2D eigenvalue weighted by Crippen LogP contribution is -2.31. The Labute approximate surface area is 121 Å². The first-order chi connectivity index (χ1) is 8.56. The van der Waals surface area contributed by atoms with Crippen LogP contribution in [0.3, 0.4) is 0 Å². The highest BCUT2D eigenvalue weighted by Gasteiger charge is 2.36. The first kappa shape index (κ1) is 13.6. The van der Waals surface area contributed by atoms with Crippen LogP contribution in [0.4, 0.5) is 0 Å². The number of benzene rings is 1. The van der Waals surface area contributed by atoms with Crippen molar-refractivity contribution < 1.29 is 14.6 Å². The van der Waals surface area contributed by atoms with E-state index >= 15 is 0 Å². The van der Waals surface area contributed by atoms with Crippen LogP contribution >= 0.6 is 22.6 Å². The summed E-state index contributed by atoms with van der Waals surface area (Å²) in [7, 11) is 0. The van der Waals surface area contributed by atoms with Crippen LogP contribution in [-0.4, -0.2) is 16.7 Å². The van der Waals surface area contributed by atoms with Crippen LogP contribution in [0.1, 0.15) is 49.4 Å². The number of phenols is 1. The Morgan fingerprint density at radius 3 is 2.72 bits per heavy atom. The van der Waals surface area contributed by atoms with E-state index in [-0.39, 0.29) is 16.9 Å². The standard InChI is InChI=1S/C14H17IO3/c1-2-14(7-3-4-8-14)18-13(17)11-9-10(15)5-6-12(11)16/h5-6,9,16H,2-4,7-8H2,1H3. The van der Waals surface area contributed by atoms with Crippen molar-refractivity contribution in [3.63, 3.8) is 0 Å². The molecule has 1 aromatic carbocycles. The third-order valence-corrected chi connectivity index (χ3v) is 4.32. The molecule has 1 fully saturated rings. The molecule has 1 aromatic rings. The maximum atomic E-state index is 12.2. The summed E-state index contributed by atoms with van der Waals surface area (Å²) >= 11 is 2.11. The number of esters is 1. The summed E-state index contributed by atoms with van der Waals surface area (Å²) in [6, 6.07) is 4.96. The Bertz CT molecular complexity index is 450. The van der Waals surface area contributed by atoms with E-state index in [0.717, 1.165) is 35.7 Å². The molecule has 0 atom stereocenters. The quantitative estimate of drug-likeness (QED) is 0.658. The number of rotatable bonds is 3. The largest absolute Gasteiger partial charge is 0.507 e. The molecule has 4 heteroatoms. The molecule has 18 heavy (non-hydrogen) atoms. The van der Waals surface area contributed by atoms with Crippen LogP contribution in [0.2, 0.25) is 0 Å². The molecule has 0 saturated heterocycles. The minimum absolute atomic E-state index is 0.00957. The van der Waals surface area contributed by atoms with E-state index < -0.39 is 5.97 Å². The molecule has 0 unspecified atom stereocenters. The Kier molecular flexibility index (Phi) is 4.14. The average Bonchev–Trinajstić information content (AvgIpc) is 2.81. The number of ether oxygens (including phenoxy) is 1. The Morgan fingerprint density at radius 2 is 2.11 bits per heavy atom. The fourth-order valence-corrected chi connectivity index (χ4v) is 2.96. The second kappa shape index (κ2) is 5.47. The summed E-state index contributed by atoms with van der Waals surface area (Å²) in [6.07, 6.45) is 4.92. The second-order valence-corrected chi connectivity index (χ2v) is 6.04. The van der Waals surface area contributed by atoms with Gasteiger partial charge in [-0.3, -0.25) is 0 Å². The Morgan fingerprint density at radius 1 is 1.44 bits per heavy atom. The maximum Gasteiger partial charge on any atom is 0.342 e. The lowest BCUT2D eigenvalue weighted by molar-refractivity contribution is -0.0174. The molecule has 0 aliphatic heterocycles. The smallest absolute Gasteiger partial charge is 0.342 e. The van der Waals surface area contributed by atoms with Crippen LogP contribution in [0.25, 0.3) is 0 Å². The molecule has 1 saturated carbocycles. The monoisotopic (exact) mass is 360 g/mol. The van der Waals surface area contributed by atoms with Gasteiger partial charge in [-0.05, 0) is 72.9 Å². The lowest BCUT2D eigenvalue weighted by atomic mass is 9.98. The summed E-state index contributed by atoms with van der Waals surface area (Å²) in [5.74, 6) is -0.417. The van der Waals surface area contributed by atoms with Gasteiger partial charge in [0.05, 0.1) is 0 Å². The van der Waals surface area contributed by atoms with E-state index in [1.807, 2.05) is 6.92 Å². The van der Waals surface area contributed by atoms with Crippen LogP contribution < -0.4 is 0 Å². The van der Waals surface area contributed by atoms with E-state index in [9.17, 15) is 9.90 Å². The molecule has 2 rings (SSSR count). The Hall–Kier alpha value is -0.780. The van der Waals surface area contributed by atoms with Gasteiger partial charge in [0.2, 0.25) is 0 Å². The van der Waals surface area contributed by atoms with Crippen LogP contribution in [0.5, 0.6) is 5.75 Å². The van der Waals surface area contributed by atoms with Crippen molar-refractivity contribution >= 4 is 28.6 Å². The van der Waals surface area contributed by atoms with Crippen LogP contribution in [-0.2, 0) is 4.74 Å². The second-order valence-electron chi connectivity index (χ2n) is 4.79. The van der Waals surface area contributed by atoms with Crippen molar-refractivity contribution in [3.05, 3.63) is 27.3 Å². The summed E-state index contributed by atoms with van der Waals surface area (Å²) < 4.78 is 6.58. The van der Waals surface area contributed by atoms with Crippen molar-refractivity contribution in [1.82, 2.24) is 0 Å². The minimum atomic E-state index is -0.408. The van der Waals surface area contributed by atoms with Crippen molar-refractivity contribution in [2.45, 2.75) is 44.6 Å². The number of halogens is 1. The predicted octanol–water partition coefficient (Wildman–Crippen LogP) is 3.88. The normalized spacial score (nSPS) is 17.7. The third kappa shape index (κ3) is 2.79. The molecule has 0 spiro atoms. The summed E-state index contributed by atoms with van der Waals surface area (Å²) in [4.78, 5) is 12.2.